The number of amides is 1. The van der Waals surface area contributed by atoms with Crippen molar-refractivity contribution in [1.29, 1.82) is 0 Å². The predicted octanol–water partition coefficient (Wildman–Crippen LogP) is 5.60. The number of nitrogens with zero attached hydrogens (tertiary/aromatic N) is 4. The van der Waals surface area contributed by atoms with Crippen LogP contribution in [-0.4, -0.2) is 54.0 Å². The number of aromatic nitrogens is 2. The SMILES string of the molecule is CC(F)=CC(=O)Nc1cccc(-c2cccc3cnc(Nc4ccc(N5CCN(C)CC5)cc4)nc23)c1. The molecule has 0 atom stereocenters. The van der Waals surface area contributed by atoms with Crippen LogP contribution in [-0.2, 0) is 4.79 Å². The summed E-state index contributed by atoms with van der Waals surface area (Å²) < 4.78 is 13.1. The van der Waals surface area contributed by atoms with Crippen LogP contribution >= 0.6 is 0 Å². The Bertz CT molecular complexity index is 1440. The first-order chi connectivity index (χ1) is 17.9. The minimum atomic E-state index is -0.548. The van der Waals surface area contributed by atoms with Crippen LogP contribution in [0.2, 0.25) is 0 Å². The minimum absolute atomic E-state index is 0.500. The van der Waals surface area contributed by atoms with Crippen LogP contribution in [0.4, 0.5) is 27.4 Å². The Labute approximate surface area is 215 Å². The molecule has 0 spiro atoms. The Hall–Kier alpha value is -4.30. The highest BCUT2D eigenvalue weighted by Crippen LogP contribution is 2.30. The highest BCUT2D eigenvalue weighted by Gasteiger charge is 2.14. The first kappa shape index (κ1) is 24.4. The summed E-state index contributed by atoms with van der Waals surface area (Å²) >= 11 is 0. The molecule has 188 valence electrons. The van der Waals surface area contributed by atoms with Crippen molar-refractivity contribution in [2.75, 3.05) is 48.8 Å². The van der Waals surface area contributed by atoms with Gasteiger partial charge in [-0.25, -0.2) is 14.4 Å². The molecule has 1 saturated heterocycles. The number of carbonyl (C=O) groups excluding carboxylic acids is 1. The molecule has 1 amide bonds. The first-order valence-electron chi connectivity index (χ1n) is 12.3. The lowest BCUT2D eigenvalue weighted by atomic mass is 10.0. The molecule has 3 aromatic carbocycles. The number of piperazine rings is 1. The van der Waals surface area contributed by atoms with E-state index in [4.69, 9.17) is 4.98 Å². The molecule has 4 aromatic rings. The van der Waals surface area contributed by atoms with Crippen LogP contribution in [0.5, 0.6) is 0 Å². The molecule has 0 unspecified atom stereocenters. The van der Waals surface area contributed by atoms with Crippen molar-refractivity contribution >= 4 is 39.8 Å². The van der Waals surface area contributed by atoms with Gasteiger partial charge in [0.25, 0.3) is 5.91 Å². The number of hydrogen-bond acceptors (Lipinski definition) is 6. The van der Waals surface area contributed by atoms with Gasteiger partial charge in [0, 0.05) is 66.5 Å². The molecule has 1 fully saturated rings. The lowest BCUT2D eigenvalue weighted by Crippen LogP contribution is -2.44. The van der Waals surface area contributed by atoms with E-state index >= 15 is 0 Å². The number of para-hydroxylation sites is 1. The first-order valence-corrected chi connectivity index (χ1v) is 12.3. The minimum Gasteiger partial charge on any atom is -0.369 e. The smallest absolute Gasteiger partial charge is 0.250 e. The standard InChI is InChI=1S/C29H29FN6O/c1-20(30)17-27(37)32-24-7-3-5-21(18-24)26-8-4-6-22-19-31-29(34-28(22)26)33-23-9-11-25(12-10-23)36-15-13-35(2)14-16-36/h3-12,17-19H,13-16H2,1-2H3,(H,32,37)(H,31,33,34). The van der Waals surface area contributed by atoms with Crippen LogP contribution in [0, 0.1) is 0 Å². The van der Waals surface area contributed by atoms with Gasteiger partial charge >= 0.3 is 0 Å². The number of benzene rings is 3. The average Bonchev–Trinajstić information content (AvgIpc) is 2.89. The Morgan fingerprint density at radius 1 is 0.973 bits per heavy atom. The molecule has 0 saturated carbocycles. The monoisotopic (exact) mass is 496 g/mol. The highest BCUT2D eigenvalue weighted by molar-refractivity contribution is 6.00. The zero-order valence-electron chi connectivity index (χ0n) is 20.9. The summed E-state index contributed by atoms with van der Waals surface area (Å²) in [6.07, 6.45) is 2.72. The fourth-order valence-corrected chi connectivity index (χ4v) is 4.42. The summed E-state index contributed by atoms with van der Waals surface area (Å²) in [6.45, 7) is 5.42. The molecule has 2 N–H and O–H groups in total. The third-order valence-corrected chi connectivity index (χ3v) is 6.37. The number of nitrogens with one attached hydrogen (secondary N) is 2. The quantitative estimate of drug-likeness (QED) is 0.339. The summed E-state index contributed by atoms with van der Waals surface area (Å²) in [5, 5.41) is 6.92. The van der Waals surface area contributed by atoms with Gasteiger partial charge in [-0.3, -0.25) is 4.79 Å². The molecule has 5 rings (SSSR count). The molecular weight excluding hydrogens is 467 g/mol. The molecule has 0 aliphatic carbocycles. The second-order valence-corrected chi connectivity index (χ2v) is 9.20. The molecule has 1 aliphatic heterocycles. The van der Waals surface area contributed by atoms with Crippen molar-refractivity contribution in [2.24, 2.45) is 0 Å². The Balaban J connectivity index is 1.38. The van der Waals surface area contributed by atoms with Crippen LogP contribution in [0.25, 0.3) is 22.0 Å². The van der Waals surface area contributed by atoms with E-state index in [1.54, 1.807) is 12.3 Å². The van der Waals surface area contributed by atoms with Gasteiger partial charge in [-0.05, 0) is 55.9 Å². The lowest BCUT2D eigenvalue weighted by molar-refractivity contribution is -0.112. The summed E-state index contributed by atoms with van der Waals surface area (Å²) in [5.41, 5.74) is 5.27. The van der Waals surface area contributed by atoms with Crippen LogP contribution in [0.1, 0.15) is 6.92 Å². The maximum Gasteiger partial charge on any atom is 0.250 e. The molecule has 0 radical (unpaired) electrons. The van der Waals surface area contributed by atoms with E-state index in [2.05, 4.69) is 44.6 Å². The Kier molecular flexibility index (Phi) is 7.09. The molecule has 1 aromatic heterocycles. The number of halogens is 1. The fourth-order valence-electron chi connectivity index (χ4n) is 4.42. The van der Waals surface area contributed by atoms with Gasteiger partial charge in [0.05, 0.1) is 5.52 Å². The number of hydrogen-bond donors (Lipinski definition) is 2. The summed E-state index contributed by atoms with van der Waals surface area (Å²) in [4.78, 5) is 26.0. The van der Waals surface area contributed by atoms with E-state index < -0.39 is 11.7 Å². The van der Waals surface area contributed by atoms with Gasteiger partial charge < -0.3 is 20.4 Å². The summed E-state index contributed by atoms with van der Waals surface area (Å²) in [6, 6.07) is 21.7. The number of fused-ring (bicyclic) bond motifs is 1. The van der Waals surface area contributed by atoms with E-state index in [1.807, 2.05) is 48.5 Å². The molecule has 1 aliphatic rings. The van der Waals surface area contributed by atoms with Crippen LogP contribution in [0.15, 0.2) is 84.8 Å². The Morgan fingerprint density at radius 2 is 1.73 bits per heavy atom. The zero-order valence-corrected chi connectivity index (χ0v) is 20.9. The normalized spacial score (nSPS) is 14.6. The molecule has 2 heterocycles. The summed E-state index contributed by atoms with van der Waals surface area (Å²) in [7, 11) is 2.15. The van der Waals surface area contributed by atoms with E-state index in [0.29, 0.717) is 11.6 Å². The molecule has 37 heavy (non-hydrogen) atoms. The van der Waals surface area contributed by atoms with Gasteiger partial charge in [0.2, 0.25) is 5.95 Å². The predicted molar refractivity (Wildman–Crippen MR) is 148 cm³/mol. The van der Waals surface area contributed by atoms with Gasteiger partial charge in [0.1, 0.15) is 5.83 Å². The third kappa shape index (κ3) is 5.92. The topological polar surface area (TPSA) is 73.4 Å². The van der Waals surface area contributed by atoms with Crippen molar-refractivity contribution in [3.8, 4) is 11.1 Å². The maximum absolute atomic E-state index is 13.1. The van der Waals surface area contributed by atoms with Crippen molar-refractivity contribution in [2.45, 2.75) is 6.92 Å². The number of allylic oxidation sites excluding steroid dienone is 1. The zero-order chi connectivity index (χ0) is 25.8. The second kappa shape index (κ2) is 10.8. The van der Waals surface area contributed by atoms with Crippen molar-refractivity contribution < 1.29 is 9.18 Å². The average molecular weight is 497 g/mol. The number of rotatable bonds is 6. The van der Waals surface area contributed by atoms with E-state index in [-0.39, 0.29) is 0 Å². The van der Waals surface area contributed by atoms with Crippen molar-refractivity contribution in [3.05, 3.63) is 84.8 Å². The van der Waals surface area contributed by atoms with Gasteiger partial charge in [-0.2, -0.15) is 0 Å². The Morgan fingerprint density at radius 3 is 2.49 bits per heavy atom. The largest absolute Gasteiger partial charge is 0.369 e. The highest BCUT2D eigenvalue weighted by atomic mass is 19.1. The maximum atomic E-state index is 13.1. The molecule has 7 nitrogen and oxygen atoms in total. The van der Waals surface area contributed by atoms with Crippen LogP contribution < -0.4 is 15.5 Å². The lowest BCUT2D eigenvalue weighted by Gasteiger charge is -2.34. The van der Waals surface area contributed by atoms with Crippen molar-refractivity contribution in [3.63, 3.8) is 0 Å². The molecular formula is C29H29FN6O. The van der Waals surface area contributed by atoms with E-state index in [0.717, 1.165) is 60.0 Å². The third-order valence-electron chi connectivity index (χ3n) is 6.37. The molecule has 0 bridgehead atoms. The van der Waals surface area contributed by atoms with Gasteiger partial charge in [0.15, 0.2) is 0 Å². The van der Waals surface area contributed by atoms with Gasteiger partial charge in [-0.15, -0.1) is 0 Å². The number of carbonyl (C=O) groups is 1. The number of anilines is 4. The van der Waals surface area contributed by atoms with Crippen molar-refractivity contribution in [1.82, 2.24) is 14.9 Å². The fraction of sp³-hybridized carbons (Fsp3) is 0.207. The molecule has 8 heteroatoms. The second-order valence-electron chi connectivity index (χ2n) is 9.20. The van der Waals surface area contributed by atoms with E-state index in [1.165, 1.54) is 12.6 Å². The van der Waals surface area contributed by atoms with E-state index in [9.17, 15) is 9.18 Å². The van der Waals surface area contributed by atoms with Gasteiger partial charge in [-0.1, -0.05) is 30.3 Å². The van der Waals surface area contributed by atoms with Crippen LogP contribution in [0.3, 0.4) is 0 Å². The number of likely N-dealkylation sites (N-methyl/N-ethyl adjacent to an activating group) is 1. The summed E-state index contributed by atoms with van der Waals surface area (Å²) in [5.74, 6) is -0.559.